The third-order valence-corrected chi connectivity index (χ3v) is 3.73. The lowest BCUT2D eigenvalue weighted by molar-refractivity contribution is 0.237. The molecule has 0 fully saturated rings. The summed E-state index contributed by atoms with van der Waals surface area (Å²) in [4.78, 5) is 12.5. The van der Waals surface area contributed by atoms with E-state index in [0.29, 0.717) is 22.1 Å². The monoisotopic (exact) mass is 344 g/mol. The third kappa shape index (κ3) is 3.19. The molecule has 24 heavy (non-hydrogen) atoms. The van der Waals surface area contributed by atoms with Gasteiger partial charge in [-0.25, -0.2) is 4.79 Å². The highest BCUT2D eigenvalue weighted by Gasteiger charge is 2.20. The number of nitrogens with one attached hydrogen (secondary N) is 1. The van der Waals surface area contributed by atoms with Gasteiger partial charge < -0.3 is 9.84 Å². The number of rotatable bonds is 3. The molecule has 1 N–H and O–H groups in total. The van der Waals surface area contributed by atoms with Crippen molar-refractivity contribution < 1.29 is 9.32 Å². The second-order valence-corrected chi connectivity index (χ2v) is 6.19. The first-order chi connectivity index (χ1) is 11.5. The summed E-state index contributed by atoms with van der Waals surface area (Å²) < 4.78 is 6.34. The van der Waals surface area contributed by atoms with E-state index in [1.165, 1.54) is 10.9 Å². The van der Waals surface area contributed by atoms with Gasteiger partial charge in [-0.2, -0.15) is 9.78 Å². The molecule has 0 aliphatic heterocycles. The summed E-state index contributed by atoms with van der Waals surface area (Å²) >= 11 is 5.93. The number of hydrogen-bond acceptors (Lipinski definition) is 4. The van der Waals surface area contributed by atoms with Gasteiger partial charge in [-0.1, -0.05) is 28.9 Å². The Morgan fingerprint density at radius 3 is 2.58 bits per heavy atom. The van der Waals surface area contributed by atoms with E-state index >= 15 is 0 Å². The molecule has 1 amide bonds. The van der Waals surface area contributed by atoms with Crippen LogP contribution >= 0.6 is 11.6 Å². The zero-order valence-corrected chi connectivity index (χ0v) is 14.3. The molecule has 2 heterocycles. The van der Waals surface area contributed by atoms with Crippen molar-refractivity contribution in [2.75, 3.05) is 0 Å². The molecular formula is C17H17ClN4O2. The normalized spacial score (nSPS) is 11.0. The molecule has 0 aliphatic rings. The summed E-state index contributed by atoms with van der Waals surface area (Å²) in [5.41, 5.74) is 3.57. The minimum absolute atomic E-state index is 0.00268. The van der Waals surface area contributed by atoms with E-state index in [1.807, 2.05) is 39.0 Å². The van der Waals surface area contributed by atoms with E-state index < -0.39 is 0 Å². The number of amides is 1. The molecule has 0 radical (unpaired) electrons. The zero-order chi connectivity index (χ0) is 17.3. The average Bonchev–Trinajstić information content (AvgIpc) is 3.13. The summed E-state index contributed by atoms with van der Waals surface area (Å²) in [6, 6.07) is 8.82. The van der Waals surface area contributed by atoms with Gasteiger partial charge in [0.15, 0.2) is 0 Å². The summed E-state index contributed by atoms with van der Waals surface area (Å²) in [7, 11) is 0. The number of halogens is 1. The molecule has 0 saturated heterocycles. The van der Waals surface area contributed by atoms with Crippen molar-refractivity contribution in [1.29, 1.82) is 0 Å². The molecule has 6 nitrogen and oxygen atoms in total. The van der Waals surface area contributed by atoms with Crippen molar-refractivity contribution in [2.45, 2.75) is 26.8 Å². The fraction of sp³-hybridized carbons (Fsp3) is 0.235. The Balaban J connectivity index is 2.10. The Bertz CT molecular complexity index is 865. The van der Waals surface area contributed by atoms with Gasteiger partial charge in [0.1, 0.15) is 6.26 Å². The number of nitrogens with zero attached hydrogens (tertiary/aromatic N) is 3. The SMILES string of the molecule is Cc1nocc1-c1cc(-c2ccc(Cl)cc2)nn1C(=O)NC(C)C. The molecule has 0 spiro atoms. The standard InChI is InChI=1S/C17H17ClN4O2/c1-10(2)19-17(23)22-16(14-9-24-21-11(14)3)8-15(20-22)12-4-6-13(18)7-5-12/h4-10H,1-3H3,(H,19,23). The van der Waals surface area contributed by atoms with Gasteiger partial charge in [-0.15, -0.1) is 0 Å². The fourth-order valence-corrected chi connectivity index (χ4v) is 2.46. The summed E-state index contributed by atoms with van der Waals surface area (Å²) in [6.07, 6.45) is 1.51. The van der Waals surface area contributed by atoms with Crippen molar-refractivity contribution >= 4 is 17.6 Å². The van der Waals surface area contributed by atoms with Crippen molar-refractivity contribution in [2.24, 2.45) is 0 Å². The smallest absolute Gasteiger partial charge is 0.342 e. The molecule has 0 aliphatic carbocycles. The average molecular weight is 345 g/mol. The first-order valence-corrected chi connectivity index (χ1v) is 7.91. The minimum atomic E-state index is -0.305. The van der Waals surface area contributed by atoms with E-state index in [1.54, 1.807) is 12.1 Å². The van der Waals surface area contributed by atoms with Crippen LogP contribution in [0.1, 0.15) is 19.5 Å². The number of carbonyl (C=O) groups is 1. The molecule has 0 bridgehead atoms. The Morgan fingerprint density at radius 1 is 1.29 bits per heavy atom. The number of aromatic nitrogens is 3. The molecule has 1 aromatic carbocycles. The number of benzene rings is 1. The van der Waals surface area contributed by atoms with E-state index in [0.717, 1.165) is 11.1 Å². The summed E-state index contributed by atoms with van der Waals surface area (Å²) in [5, 5.41) is 11.8. The van der Waals surface area contributed by atoms with Crippen LogP contribution in [0.25, 0.3) is 22.5 Å². The summed E-state index contributed by atoms with van der Waals surface area (Å²) in [5.74, 6) is 0. The minimum Gasteiger partial charge on any atom is -0.364 e. The molecule has 2 aromatic heterocycles. The zero-order valence-electron chi connectivity index (χ0n) is 13.6. The molecule has 0 saturated carbocycles. The lowest BCUT2D eigenvalue weighted by Crippen LogP contribution is -2.35. The van der Waals surface area contributed by atoms with Crippen LogP contribution in [0.5, 0.6) is 0 Å². The van der Waals surface area contributed by atoms with Crippen LogP contribution in [0.3, 0.4) is 0 Å². The van der Waals surface area contributed by atoms with Gasteiger partial charge in [0.05, 0.1) is 22.6 Å². The van der Waals surface area contributed by atoms with E-state index in [-0.39, 0.29) is 12.1 Å². The predicted molar refractivity (Wildman–Crippen MR) is 92.0 cm³/mol. The largest absolute Gasteiger partial charge is 0.364 e. The van der Waals surface area contributed by atoms with Crippen LogP contribution < -0.4 is 5.32 Å². The maximum absolute atomic E-state index is 12.5. The Labute approximate surface area is 144 Å². The molecule has 124 valence electrons. The van der Waals surface area contributed by atoms with Crippen LogP contribution in [0.4, 0.5) is 4.79 Å². The second kappa shape index (κ2) is 6.49. The first-order valence-electron chi connectivity index (χ1n) is 7.54. The third-order valence-electron chi connectivity index (χ3n) is 3.48. The van der Waals surface area contributed by atoms with Crippen LogP contribution in [0.15, 0.2) is 41.1 Å². The van der Waals surface area contributed by atoms with Crippen LogP contribution in [-0.4, -0.2) is 27.0 Å². The van der Waals surface area contributed by atoms with E-state index in [2.05, 4.69) is 15.6 Å². The van der Waals surface area contributed by atoms with Gasteiger partial charge in [0, 0.05) is 16.6 Å². The Hall–Kier alpha value is -2.60. The van der Waals surface area contributed by atoms with Crippen molar-refractivity contribution in [3.05, 3.63) is 47.3 Å². The van der Waals surface area contributed by atoms with E-state index in [4.69, 9.17) is 16.1 Å². The molecule has 3 rings (SSSR count). The van der Waals surface area contributed by atoms with Gasteiger partial charge >= 0.3 is 6.03 Å². The molecular weight excluding hydrogens is 328 g/mol. The maximum Gasteiger partial charge on any atom is 0.342 e. The lowest BCUT2D eigenvalue weighted by Gasteiger charge is -2.09. The van der Waals surface area contributed by atoms with Crippen LogP contribution in [-0.2, 0) is 0 Å². The highest BCUT2D eigenvalue weighted by molar-refractivity contribution is 6.30. The molecule has 3 aromatic rings. The van der Waals surface area contributed by atoms with Crippen LogP contribution in [0, 0.1) is 6.92 Å². The van der Waals surface area contributed by atoms with E-state index in [9.17, 15) is 4.79 Å². The van der Waals surface area contributed by atoms with Gasteiger partial charge in [-0.3, -0.25) is 0 Å². The highest BCUT2D eigenvalue weighted by atomic mass is 35.5. The predicted octanol–water partition coefficient (Wildman–Crippen LogP) is 4.13. The van der Waals surface area contributed by atoms with Crippen LogP contribution in [0.2, 0.25) is 5.02 Å². The van der Waals surface area contributed by atoms with Crippen molar-refractivity contribution in [3.63, 3.8) is 0 Å². The van der Waals surface area contributed by atoms with Crippen molar-refractivity contribution in [1.82, 2.24) is 20.3 Å². The lowest BCUT2D eigenvalue weighted by atomic mass is 10.1. The number of carbonyl (C=O) groups excluding carboxylic acids is 1. The molecule has 0 atom stereocenters. The van der Waals surface area contributed by atoms with Crippen molar-refractivity contribution in [3.8, 4) is 22.5 Å². The Morgan fingerprint density at radius 2 is 2.00 bits per heavy atom. The quantitative estimate of drug-likeness (QED) is 0.775. The van der Waals surface area contributed by atoms with Gasteiger partial charge in [-0.05, 0) is 39.0 Å². The number of aryl methyl sites for hydroxylation is 1. The summed E-state index contributed by atoms with van der Waals surface area (Å²) in [6.45, 7) is 5.61. The Kier molecular flexibility index (Phi) is 4.40. The topological polar surface area (TPSA) is 73.0 Å². The second-order valence-electron chi connectivity index (χ2n) is 5.75. The molecule has 7 heteroatoms. The first kappa shape index (κ1) is 16.3. The maximum atomic E-state index is 12.5. The molecule has 0 unspecified atom stereocenters. The van der Waals surface area contributed by atoms with Gasteiger partial charge in [0.25, 0.3) is 0 Å². The highest BCUT2D eigenvalue weighted by Crippen LogP contribution is 2.28. The fourth-order valence-electron chi connectivity index (χ4n) is 2.34. The van der Waals surface area contributed by atoms with Gasteiger partial charge in [0.2, 0.25) is 0 Å². The number of hydrogen-bond donors (Lipinski definition) is 1.